The summed E-state index contributed by atoms with van der Waals surface area (Å²) >= 11 is 0. The van der Waals surface area contributed by atoms with Gasteiger partial charge in [0.1, 0.15) is 5.66 Å². The normalized spacial score (nSPS) is 25.5. The van der Waals surface area contributed by atoms with Gasteiger partial charge in [0, 0.05) is 42.3 Å². The molecule has 6 N–H and O–H groups in total. The van der Waals surface area contributed by atoms with Gasteiger partial charge in [-0.2, -0.15) is 31.4 Å². The van der Waals surface area contributed by atoms with Gasteiger partial charge in [0.2, 0.25) is 5.96 Å². The Morgan fingerprint density at radius 1 is 1.03 bits per heavy atom. The minimum Gasteiger partial charge on any atom is -0.334 e. The number of nitrogens with one attached hydrogen (secondary N) is 2. The first-order valence-corrected chi connectivity index (χ1v) is 10.9. The number of aryl methyl sites for hydroxylation is 1. The molecule has 1 atom stereocenters. The zero-order valence-corrected chi connectivity index (χ0v) is 18.7. The topological polar surface area (TPSA) is 106 Å². The largest absolute Gasteiger partial charge is 0.416 e. The molecule has 1 unspecified atom stereocenters. The molecule has 4 rings (SSSR count). The fourth-order valence-corrected chi connectivity index (χ4v) is 4.53. The molecule has 0 saturated heterocycles. The van der Waals surface area contributed by atoms with Crippen molar-refractivity contribution >= 4 is 17.2 Å². The Labute approximate surface area is 197 Å². The second-order valence-electron chi connectivity index (χ2n) is 8.95. The average Bonchev–Trinajstić information content (AvgIpc) is 3.18. The number of hydrogen-bond donors (Lipinski definition) is 4. The van der Waals surface area contributed by atoms with E-state index in [1.54, 1.807) is 24.1 Å². The van der Waals surface area contributed by atoms with Crippen molar-refractivity contribution in [3.63, 3.8) is 0 Å². The third-order valence-corrected chi connectivity index (χ3v) is 6.38. The van der Waals surface area contributed by atoms with Crippen molar-refractivity contribution in [1.29, 1.82) is 0 Å². The smallest absolute Gasteiger partial charge is 0.334 e. The number of hydrogen-bond acceptors (Lipinski definition) is 6. The molecule has 190 valence electrons. The summed E-state index contributed by atoms with van der Waals surface area (Å²) in [5.41, 5.74) is 9.71. The molecule has 1 saturated carbocycles. The quantitative estimate of drug-likeness (QED) is 0.475. The summed E-state index contributed by atoms with van der Waals surface area (Å²) < 4.78 is 81.2. The van der Waals surface area contributed by atoms with Gasteiger partial charge in [-0.25, -0.2) is 4.99 Å². The fraction of sp³-hybridized carbons (Fsp3) is 0.455. The number of aliphatic imine (C=N–C) groups is 1. The van der Waals surface area contributed by atoms with E-state index in [2.05, 4.69) is 20.7 Å². The molecule has 0 amide bonds. The maximum atomic E-state index is 13.3. The van der Waals surface area contributed by atoms with Gasteiger partial charge in [-0.3, -0.25) is 4.68 Å². The van der Waals surface area contributed by atoms with Crippen molar-refractivity contribution in [2.24, 2.45) is 29.4 Å². The van der Waals surface area contributed by atoms with Crippen LogP contribution in [0.3, 0.4) is 0 Å². The van der Waals surface area contributed by atoms with Crippen molar-refractivity contribution in [1.82, 2.24) is 15.1 Å². The zero-order valence-electron chi connectivity index (χ0n) is 18.7. The van der Waals surface area contributed by atoms with E-state index in [-0.39, 0.29) is 24.0 Å². The molecule has 2 heterocycles. The van der Waals surface area contributed by atoms with Gasteiger partial charge in [0.15, 0.2) is 0 Å². The lowest BCUT2D eigenvalue weighted by Gasteiger charge is -2.44. The van der Waals surface area contributed by atoms with Crippen molar-refractivity contribution in [2.75, 3.05) is 5.32 Å². The highest BCUT2D eigenvalue weighted by Crippen LogP contribution is 2.40. The van der Waals surface area contributed by atoms with Crippen LogP contribution in [0.2, 0.25) is 0 Å². The van der Waals surface area contributed by atoms with Crippen LogP contribution in [0.4, 0.5) is 32.0 Å². The van der Waals surface area contributed by atoms with Gasteiger partial charge in [-0.05, 0) is 49.8 Å². The van der Waals surface area contributed by atoms with Crippen molar-refractivity contribution in [3.05, 3.63) is 53.5 Å². The number of guanidine groups is 1. The molecular weight excluding hydrogens is 476 g/mol. The summed E-state index contributed by atoms with van der Waals surface area (Å²) in [6.07, 6.45) is -2.30. The molecule has 0 radical (unpaired) electrons. The van der Waals surface area contributed by atoms with E-state index in [4.69, 9.17) is 11.5 Å². The Bertz CT molecular complexity index is 1110. The molecular formula is C22H25F6N7. The molecule has 1 aliphatic carbocycles. The highest BCUT2D eigenvalue weighted by atomic mass is 19.4. The van der Waals surface area contributed by atoms with Crippen LogP contribution < -0.4 is 22.1 Å². The van der Waals surface area contributed by atoms with Crippen LogP contribution in [0.15, 0.2) is 41.8 Å². The Morgan fingerprint density at radius 3 is 2.14 bits per heavy atom. The lowest BCUT2D eigenvalue weighted by atomic mass is 9.74. The first-order chi connectivity index (χ1) is 16.3. The highest BCUT2D eigenvalue weighted by molar-refractivity contribution is 5.98. The number of benzene rings is 1. The molecule has 35 heavy (non-hydrogen) atoms. The van der Waals surface area contributed by atoms with Crippen LogP contribution in [0.1, 0.15) is 42.4 Å². The molecule has 1 aromatic heterocycles. The first-order valence-electron chi connectivity index (χ1n) is 10.9. The van der Waals surface area contributed by atoms with Crippen LogP contribution in [0.5, 0.6) is 0 Å². The van der Waals surface area contributed by atoms with Gasteiger partial charge < -0.3 is 22.1 Å². The molecule has 2 aliphatic rings. The third kappa shape index (κ3) is 5.30. The second-order valence-corrected chi connectivity index (χ2v) is 8.95. The average molecular weight is 501 g/mol. The van der Waals surface area contributed by atoms with E-state index in [1.165, 1.54) is 6.20 Å². The fourth-order valence-electron chi connectivity index (χ4n) is 4.53. The Balaban J connectivity index is 1.71. The molecule has 0 bridgehead atoms. The third-order valence-electron chi connectivity index (χ3n) is 6.38. The van der Waals surface area contributed by atoms with Gasteiger partial charge in [0.05, 0.1) is 17.3 Å². The minimum atomic E-state index is -4.97. The minimum absolute atomic E-state index is 0.0430. The van der Waals surface area contributed by atoms with Gasteiger partial charge in [-0.15, -0.1) is 0 Å². The number of nitrogens with zero attached hydrogens (tertiary/aromatic N) is 3. The monoisotopic (exact) mass is 501 g/mol. The standard InChI is InChI=1S/C22H25F6N7/c1-35-11-12(9-32-35)18-10-31-19(34-20(18,30)13-2-4-16(29)5-3-13)33-17-7-14(21(23,24)25)6-15(8-17)22(26,27)28/h6-11,13,16H,2-5,29-30H2,1H3,(H2,31,33,34). The maximum Gasteiger partial charge on any atom is 0.416 e. The van der Waals surface area contributed by atoms with Crippen LogP contribution >= 0.6 is 0 Å². The van der Waals surface area contributed by atoms with Gasteiger partial charge >= 0.3 is 12.4 Å². The summed E-state index contributed by atoms with van der Waals surface area (Å²) in [6, 6.07) is 1.30. The van der Waals surface area contributed by atoms with E-state index in [0.29, 0.717) is 36.1 Å². The lowest BCUT2D eigenvalue weighted by molar-refractivity contribution is -0.143. The highest BCUT2D eigenvalue weighted by Gasteiger charge is 2.43. The number of rotatable bonds is 3. The van der Waals surface area contributed by atoms with Crippen LogP contribution in [0.25, 0.3) is 5.57 Å². The Morgan fingerprint density at radius 2 is 1.63 bits per heavy atom. The van der Waals surface area contributed by atoms with Crippen molar-refractivity contribution in [3.8, 4) is 0 Å². The molecule has 2 aromatic rings. The van der Waals surface area contributed by atoms with E-state index in [0.717, 1.165) is 12.8 Å². The number of nitrogens with two attached hydrogens (primary N) is 2. The summed E-state index contributed by atoms with van der Waals surface area (Å²) in [7, 11) is 1.74. The molecule has 13 heteroatoms. The first kappa shape index (κ1) is 25.0. The molecule has 0 spiro atoms. The number of alkyl halides is 6. The number of anilines is 1. The number of halogens is 6. The van der Waals surface area contributed by atoms with E-state index in [1.807, 2.05) is 0 Å². The lowest BCUT2D eigenvalue weighted by Crippen LogP contribution is -2.64. The van der Waals surface area contributed by atoms with Crippen molar-refractivity contribution in [2.45, 2.75) is 49.7 Å². The Kier molecular flexibility index (Phi) is 6.34. The van der Waals surface area contributed by atoms with E-state index in [9.17, 15) is 26.3 Å². The molecule has 7 nitrogen and oxygen atoms in total. The second kappa shape index (κ2) is 8.86. The molecule has 1 fully saturated rings. The number of aromatic nitrogens is 2. The maximum absolute atomic E-state index is 13.3. The van der Waals surface area contributed by atoms with E-state index >= 15 is 0 Å². The summed E-state index contributed by atoms with van der Waals surface area (Å²) in [5, 5.41) is 9.76. The summed E-state index contributed by atoms with van der Waals surface area (Å²) in [4.78, 5) is 4.21. The molecule has 1 aliphatic heterocycles. The Hall–Kier alpha value is -3.06. The van der Waals surface area contributed by atoms with Crippen LogP contribution in [-0.4, -0.2) is 27.4 Å². The SMILES string of the molecule is Cn1cc(C2=CN=C(Nc3cc(C(F)(F)F)cc(C(F)(F)F)c3)NC2(N)C2CCC(N)CC2)cn1. The predicted molar refractivity (Wildman–Crippen MR) is 119 cm³/mol. The van der Waals surface area contributed by atoms with Gasteiger partial charge in [-0.1, -0.05) is 0 Å². The predicted octanol–water partition coefficient (Wildman–Crippen LogP) is 4.04. The summed E-state index contributed by atoms with van der Waals surface area (Å²) in [6.45, 7) is 0. The van der Waals surface area contributed by atoms with Crippen LogP contribution in [-0.2, 0) is 19.4 Å². The van der Waals surface area contributed by atoms with E-state index < -0.39 is 34.8 Å². The van der Waals surface area contributed by atoms with Crippen LogP contribution in [0, 0.1) is 5.92 Å². The van der Waals surface area contributed by atoms with Gasteiger partial charge in [0.25, 0.3) is 0 Å². The summed E-state index contributed by atoms with van der Waals surface area (Å²) in [5.74, 6) is -0.184. The zero-order chi connectivity index (χ0) is 25.6. The molecule has 1 aromatic carbocycles. The van der Waals surface area contributed by atoms with Crippen molar-refractivity contribution < 1.29 is 26.3 Å².